The molecule has 6 nitrogen and oxygen atoms in total. The smallest absolute Gasteiger partial charge is 0.244 e. The first-order valence-electron chi connectivity index (χ1n) is 7.08. The SMILES string of the molecule is CC(NC(=O)C1CC(O)CN1)C(=O)N1CCCCC1.Cl. The van der Waals surface area contributed by atoms with E-state index < -0.39 is 12.1 Å². The number of amides is 2. The van der Waals surface area contributed by atoms with Crippen molar-refractivity contribution in [1.29, 1.82) is 0 Å². The van der Waals surface area contributed by atoms with E-state index in [0.29, 0.717) is 13.0 Å². The van der Waals surface area contributed by atoms with Crippen LogP contribution in [0, 0.1) is 0 Å². The summed E-state index contributed by atoms with van der Waals surface area (Å²) < 4.78 is 0. The summed E-state index contributed by atoms with van der Waals surface area (Å²) >= 11 is 0. The van der Waals surface area contributed by atoms with Gasteiger partial charge in [-0.2, -0.15) is 0 Å². The van der Waals surface area contributed by atoms with Crippen molar-refractivity contribution in [3.63, 3.8) is 0 Å². The normalized spacial score (nSPS) is 27.6. The topological polar surface area (TPSA) is 81.7 Å². The Balaban J connectivity index is 0.00000200. The highest BCUT2D eigenvalue weighted by Crippen LogP contribution is 2.11. The number of carbonyl (C=O) groups is 2. The van der Waals surface area contributed by atoms with Crippen LogP contribution < -0.4 is 10.6 Å². The number of halogens is 1. The van der Waals surface area contributed by atoms with E-state index in [2.05, 4.69) is 10.6 Å². The Morgan fingerprint density at radius 2 is 1.95 bits per heavy atom. The van der Waals surface area contributed by atoms with Crippen LogP contribution in [0.5, 0.6) is 0 Å². The predicted molar refractivity (Wildman–Crippen MR) is 77.7 cm³/mol. The largest absolute Gasteiger partial charge is 0.392 e. The molecule has 0 aromatic carbocycles. The second kappa shape index (κ2) is 7.81. The van der Waals surface area contributed by atoms with Crippen molar-refractivity contribution in [2.75, 3.05) is 19.6 Å². The molecule has 3 unspecified atom stereocenters. The van der Waals surface area contributed by atoms with E-state index in [9.17, 15) is 14.7 Å². The van der Waals surface area contributed by atoms with Gasteiger partial charge in [0.05, 0.1) is 12.1 Å². The standard InChI is InChI=1S/C13H23N3O3.ClH/c1-9(13(19)16-5-3-2-4-6-16)15-12(18)11-7-10(17)8-14-11;/h9-11,14,17H,2-8H2,1H3,(H,15,18);1H. The van der Waals surface area contributed by atoms with Gasteiger partial charge in [-0.15, -0.1) is 12.4 Å². The molecule has 0 radical (unpaired) electrons. The maximum absolute atomic E-state index is 12.2. The molecule has 0 bridgehead atoms. The molecular formula is C13H24ClN3O3. The highest BCUT2D eigenvalue weighted by Gasteiger charge is 2.30. The van der Waals surface area contributed by atoms with E-state index in [1.165, 1.54) is 6.42 Å². The number of β-amino-alcohol motifs (C(OH)–C–C–N with tert-alkyl or cyclic N) is 1. The van der Waals surface area contributed by atoms with Gasteiger partial charge in [-0.25, -0.2) is 0 Å². The van der Waals surface area contributed by atoms with Crippen molar-refractivity contribution in [2.24, 2.45) is 0 Å². The number of nitrogens with one attached hydrogen (secondary N) is 2. The Kier molecular flexibility index (Phi) is 6.71. The summed E-state index contributed by atoms with van der Waals surface area (Å²) in [7, 11) is 0. The van der Waals surface area contributed by atoms with Crippen LogP contribution in [0.25, 0.3) is 0 Å². The molecule has 2 heterocycles. The Morgan fingerprint density at radius 1 is 1.30 bits per heavy atom. The molecular weight excluding hydrogens is 282 g/mol. The number of rotatable bonds is 3. The molecule has 3 atom stereocenters. The minimum Gasteiger partial charge on any atom is -0.392 e. The molecule has 2 aliphatic heterocycles. The summed E-state index contributed by atoms with van der Waals surface area (Å²) in [4.78, 5) is 25.9. The summed E-state index contributed by atoms with van der Waals surface area (Å²) in [5.74, 6) is -0.207. The molecule has 2 saturated heterocycles. The number of hydrogen-bond donors (Lipinski definition) is 3. The molecule has 2 amide bonds. The number of piperidine rings is 1. The number of likely N-dealkylation sites (tertiary alicyclic amines) is 1. The Labute approximate surface area is 125 Å². The first-order valence-corrected chi connectivity index (χ1v) is 7.08. The van der Waals surface area contributed by atoms with Crippen LogP contribution in [-0.4, -0.2) is 59.6 Å². The highest BCUT2D eigenvalue weighted by molar-refractivity contribution is 5.89. The van der Waals surface area contributed by atoms with Crippen molar-refractivity contribution in [2.45, 2.75) is 50.8 Å². The van der Waals surface area contributed by atoms with Crippen LogP contribution >= 0.6 is 12.4 Å². The molecule has 0 aliphatic carbocycles. The van der Waals surface area contributed by atoms with Gasteiger partial charge in [0.1, 0.15) is 6.04 Å². The zero-order chi connectivity index (χ0) is 13.8. The molecule has 0 aromatic rings. The van der Waals surface area contributed by atoms with Crippen LogP contribution in [-0.2, 0) is 9.59 Å². The lowest BCUT2D eigenvalue weighted by molar-refractivity contribution is -0.137. The first-order chi connectivity index (χ1) is 9.08. The minimum absolute atomic E-state index is 0. The second-order valence-corrected chi connectivity index (χ2v) is 5.47. The lowest BCUT2D eigenvalue weighted by atomic mass is 10.1. The molecule has 7 heteroatoms. The molecule has 116 valence electrons. The monoisotopic (exact) mass is 305 g/mol. The molecule has 0 aromatic heterocycles. The molecule has 0 spiro atoms. The van der Waals surface area contributed by atoms with Gasteiger partial charge in [-0.05, 0) is 32.6 Å². The average Bonchev–Trinajstić information content (AvgIpc) is 2.85. The maximum atomic E-state index is 12.2. The second-order valence-electron chi connectivity index (χ2n) is 5.47. The van der Waals surface area contributed by atoms with Crippen LogP contribution in [0.2, 0.25) is 0 Å². The zero-order valence-corrected chi connectivity index (χ0v) is 12.6. The third-order valence-corrected chi connectivity index (χ3v) is 3.82. The van der Waals surface area contributed by atoms with E-state index in [1.54, 1.807) is 6.92 Å². The lowest BCUT2D eigenvalue weighted by Crippen LogP contribution is -2.52. The van der Waals surface area contributed by atoms with Crippen LogP contribution in [0.4, 0.5) is 0 Å². The van der Waals surface area contributed by atoms with Gasteiger partial charge in [0.15, 0.2) is 0 Å². The van der Waals surface area contributed by atoms with Crippen molar-refractivity contribution in [3.8, 4) is 0 Å². The quantitative estimate of drug-likeness (QED) is 0.665. The van der Waals surface area contributed by atoms with E-state index in [-0.39, 0.29) is 30.3 Å². The fourth-order valence-electron chi connectivity index (χ4n) is 2.68. The van der Waals surface area contributed by atoms with Gasteiger partial charge in [-0.3, -0.25) is 9.59 Å². The summed E-state index contributed by atoms with van der Waals surface area (Å²) in [6.07, 6.45) is 3.21. The predicted octanol–water partition coefficient (Wildman–Crippen LogP) is -0.352. The average molecular weight is 306 g/mol. The van der Waals surface area contributed by atoms with Crippen LogP contribution in [0.3, 0.4) is 0 Å². The first kappa shape index (κ1) is 17.2. The highest BCUT2D eigenvalue weighted by atomic mass is 35.5. The Morgan fingerprint density at radius 3 is 2.50 bits per heavy atom. The van der Waals surface area contributed by atoms with Crippen molar-refractivity contribution < 1.29 is 14.7 Å². The van der Waals surface area contributed by atoms with Gasteiger partial charge in [0.25, 0.3) is 0 Å². The summed E-state index contributed by atoms with van der Waals surface area (Å²) in [6, 6.07) is -0.878. The summed E-state index contributed by atoms with van der Waals surface area (Å²) in [5, 5.41) is 15.1. The summed E-state index contributed by atoms with van der Waals surface area (Å²) in [6.45, 7) is 3.74. The molecule has 2 rings (SSSR count). The van der Waals surface area contributed by atoms with E-state index in [1.807, 2.05) is 4.90 Å². The third-order valence-electron chi connectivity index (χ3n) is 3.82. The number of nitrogens with zero attached hydrogens (tertiary/aromatic N) is 1. The number of hydrogen-bond acceptors (Lipinski definition) is 4. The van der Waals surface area contributed by atoms with Gasteiger partial charge in [-0.1, -0.05) is 0 Å². The molecule has 0 saturated carbocycles. The van der Waals surface area contributed by atoms with Crippen LogP contribution in [0.15, 0.2) is 0 Å². The van der Waals surface area contributed by atoms with E-state index >= 15 is 0 Å². The number of aliphatic hydroxyl groups excluding tert-OH is 1. The van der Waals surface area contributed by atoms with Crippen molar-refractivity contribution in [1.82, 2.24) is 15.5 Å². The zero-order valence-electron chi connectivity index (χ0n) is 11.8. The van der Waals surface area contributed by atoms with Crippen molar-refractivity contribution >= 4 is 24.2 Å². The fourth-order valence-corrected chi connectivity index (χ4v) is 2.68. The van der Waals surface area contributed by atoms with Crippen LogP contribution in [0.1, 0.15) is 32.6 Å². The maximum Gasteiger partial charge on any atom is 0.244 e. The Bertz CT molecular complexity index is 348. The lowest BCUT2D eigenvalue weighted by Gasteiger charge is -2.29. The molecule has 2 fully saturated rings. The third kappa shape index (κ3) is 4.33. The summed E-state index contributed by atoms with van der Waals surface area (Å²) in [5.41, 5.74) is 0. The fraction of sp³-hybridized carbons (Fsp3) is 0.846. The van der Waals surface area contributed by atoms with Gasteiger partial charge < -0.3 is 20.6 Å². The Hall–Kier alpha value is -0.850. The molecule has 2 aliphatic rings. The van der Waals surface area contributed by atoms with Gasteiger partial charge in [0.2, 0.25) is 11.8 Å². The molecule has 20 heavy (non-hydrogen) atoms. The van der Waals surface area contributed by atoms with Gasteiger partial charge in [0, 0.05) is 19.6 Å². The number of aliphatic hydroxyl groups is 1. The number of carbonyl (C=O) groups excluding carboxylic acids is 2. The minimum atomic E-state index is -0.495. The van der Waals surface area contributed by atoms with Crippen molar-refractivity contribution in [3.05, 3.63) is 0 Å². The van der Waals surface area contributed by atoms with E-state index in [4.69, 9.17) is 0 Å². The van der Waals surface area contributed by atoms with Gasteiger partial charge >= 0.3 is 0 Å². The molecule has 3 N–H and O–H groups in total. The van der Waals surface area contributed by atoms with E-state index in [0.717, 1.165) is 25.9 Å².